The lowest BCUT2D eigenvalue weighted by Crippen LogP contribution is -2.26. The van der Waals surface area contributed by atoms with Crippen LogP contribution in [0.5, 0.6) is 0 Å². The Labute approximate surface area is 146 Å². The van der Waals surface area contributed by atoms with Crippen molar-refractivity contribution >= 4 is 18.3 Å². The van der Waals surface area contributed by atoms with Crippen LogP contribution in [0.15, 0.2) is 36.4 Å². The molecule has 0 saturated carbocycles. The molecule has 0 atom stereocenters. The third-order valence-corrected chi connectivity index (χ3v) is 4.07. The summed E-state index contributed by atoms with van der Waals surface area (Å²) in [5.74, 6) is -0.568. The first-order chi connectivity index (χ1) is 11.2. The molecule has 1 amide bonds. The largest absolute Gasteiger partial charge is 0.376 e. The molecule has 2 aromatic carbocycles. The maximum absolute atomic E-state index is 13.9. The quantitative estimate of drug-likeness (QED) is 0.891. The molecule has 128 valence electrons. The standard InChI is InChI=1S/C18H19FN2O2.ClH/c19-17-8-12(9-20)4-5-14(17)10-21-18(22)15-3-1-2-13-6-7-23-11-16(13)15;/h1-5,8H,6-7,9-11,20H2,(H,21,22);1H. The zero-order chi connectivity index (χ0) is 16.2. The molecule has 3 N–H and O–H groups in total. The number of hydrogen-bond acceptors (Lipinski definition) is 3. The number of amides is 1. The van der Waals surface area contributed by atoms with Gasteiger partial charge < -0.3 is 15.8 Å². The number of rotatable bonds is 4. The summed E-state index contributed by atoms with van der Waals surface area (Å²) in [6.07, 6.45) is 0.811. The zero-order valence-electron chi connectivity index (χ0n) is 13.2. The lowest BCUT2D eigenvalue weighted by atomic mass is 9.97. The maximum atomic E-state index is 13.9. The summed E-state index contributed by atoms with van der Waals surface area (Å²) in [5, 5.41) is 2.78. The van der Waals surface area contributed by atoms with Crippen LogP contribution in [-0.2, 0) is 30.9 Å². The van der Waals surface area contributed by atoms with E-state index in [-0.39, 0.29) is 30.7 Å². The van der Waals surface area contributed by atoms with E-state index in [0.717, 1.165) is 23.1 Å². The van der Waals surface area contributed by atoms with E-state index in [4.69, 9.17) is 10.5 Å². The molecule has 24 heavy (non-hydrogen) atoms. The van der Waals surface area contributed by atoms with Gasteiger partial charge in [-0.15, -0.1) is 12.4 Å². The number of fused-ring (bicyclic) bond motifs is 1. The molecule has 0 bridgehead atoms. The fourth-order valence-corrected chi connectivity index (χ4v) is 2.74. The highest BCUT2D eigenvalue weighted by atomic mass is 35.5. The molecular weight excluding hydrogens is 331 g/mol. The summed E-state index contributed by atoms with van der Waals surface area (Å²) in [5.41, 5.74) is 9.32. The van der Waals surface area contributed by atoms with Gasteiger partial charge in [0.25, 0.3) is 5.91 Å². The Morgan fingerprint density at radius 1 is 1.29 bits per heavy atom. The number of carbonyl (C=O) groups excluding carboxylic acids is 1. The Balaban J connectivity index is 0.00000208. The minimum absolute atomic E-state index is 0. The Morgan fingerprint density at radius 3 is 2.88 bits per heavy atom. The average Bonchev–Trinajstić information content (AvgIpc) is 2.59. The Morgan fingerprint density at radius 2 is 2.12 bits per heavy atom. The molecule has 1 aliphatic heterocycles. The van der Waals surface area contributed by atoms with E-state index in [1.165, 1.54) is 6.07 Å². The van der Waals surface area contributed by atoms with Crippen molar-refractivity contribution in [1.82, 2.24) is 5.32 Å². The van der Waals surface area contributed by atoms with Gasteiger partial charge in [-0.05, 0) is 35.2 Å². The predicted molar refractivity (Wildman–Crippen MR) is 92.5 cm³/mol. The molecule has 0 spiro atoms. The lowest BCUT2D eigenvalue weighted by Gasteiger charge is -2.19. The summed E-state index contributed by atoms with van der Waals surface area (Å²) in [4.78, 5) is 12.4. The summed E-state index contributed by atoms with van der Waals surface area (Å²) in [7, 11) is 0. The second kappa shape index (κ2) is 8.24. The van der Waals surface area contributed by atoms with Crippen molar-refractivity contribution in [1.29, 1.82) is 0 Å². The van der Waals surface area contributed by atoms with Gasteiger partial charge in [0.2, 0.25) is 0 Å². The second-order valence-corrected chi connectivity index (χ2v) is 5.56. The summed E-state index contributed by atoms with van der Waals surface area (Å²) >= 11 is 0. The van der Waals surface area contributed by atoms with Crippen molar-refractivity contribution in [3.05, 3.63) is 70.0 Å². The summed E-state index contributed by atoms with van der Waals surface area (Å²) < 4.78 is 19.4. The molecule has 6 heteroatoms. The van der Waals surface area contributed by atoms with Gasteiger partial charge in [0.1, 0.15) is 5.82 Å². The molecule has 1 aliphatic rings. The highest BCUT2D eigenvalue weighted by molar-refractivity contribution is 5.96. The molecule has 0 unspecified atom stereocenters. The molecule has 0 aliphatic carbocycles. The molecule has 3 rings (SSSR count). The van der Waals surface area contributed by atoms with Crippen molar-refractivity contribution in [3.8, 4) is 0 Å². The van der Waals surface area contributed by atoms with Crippen LogP contribution in [0.25, 0.3) is 0 Å². The number of carbonyl (C=O) groups is 1. The molecule has 2 aromatic rings. The van der Waals surface area contributed by atoms with E-state index in [9.17, 15) is 9.18 Å². The van der Waals surface area contributed by atoms with Crippen molar-refractivity contribution in [2.24, 2.45) is 5.73 Å². The number of hydrogen-bond donors (Lipinski definition) is 2. The molecule has 4 nitrogen and oxygen atoms in total. The first kappa shape index (κ1) is 18.4. The topological polar surface area (TPSA) is 64.3 Å². The average molecular weight is 351 g/mol. The van der Waals surface area contributed by atoms with Gasteiger partial charge in [-0.1, -0.05) is 24.3 Å². The van der Waals surface area contributed by atoms with E-state index >= 15 is 0 Å². The molecule has 1 heterocycles. The van der Waals surface area contributed by atoms with Gasteiger partial charge in [-0.3, -0.25) is 4.79 Å². The Kier molecular flexibility index (Phi) is 6.31. The van der Waals surface area contributed by atoms with Crippen LogP contribution in [0.4, 0.5) is 4.39 Å². The minimum atomic E-state index is -0.355. The van der Waals surface area contributed by atoms with Crippen LogP contribution in [0.2, 0.25) is 0 Å². The van der Waals surface area contributed by atoms with Crippen molar-refractivity contribution < 1.29 is 13.9 Å². The summed E-state index contributed by atoms with van der Waals surface area (Å²) in [6.45, 7) is 1.55. The van der Waals surface area contributed by atoms with Crippen molar-refractivity contribution in [2.45, 2.75) is 26.1 Å². The van der Waals surface area contributed by atoms with E-state index in [2.05, 4.69) is 5.32 Å². The lowest BCUT2D eigenvalue weighted by molar-refractivity contribution is 0.0923. The van der Waals surface area contributed by atoms with Gasteiger partial charge >= 0.3 is 0 Å². The van der Waals surface area contributed by atoms with Crippen LogP contribution in [0, 0.1) is 5.82 Å². The first-order valence-corrected chi connectivity index (χ1v) is 7.63. The van der Waals surface area contributed by atoms with Crippen LogP contribution in [0.1, 0.15) is 32.6 Å². The molecular formula is C18H20ClFN2O2. The number of nitrogens with one attached hydrogen (secondary N) is 1. The SMILES string of the molecule is Cl.NCc1ccc(CNC(=O)c2cccc3c2COCC3)c(F)c1. The monoisotopic (exact) mass is 350 g/mol. The normalized spacial score (nSPS) is 12.9. The van der Waals surface area contributed by atoms with E-state index in [0.29, 0.717) is 30.9 Å². The Bertz CT molecular complexity index is 737. The fourth-order valence-electron chi connectivity index (χ4n) is 2.74. The molecule has 0 aromatic heterocycles. The minimum Gasteiger partial charge on any atom is -0.376 e. The molecule has 0 fully saturated rings. The van der Waals surface area contributed by atoms with Crippen molar-refractivity contribution in [2.75, 3.05) is 6.61 Å². The predicted octanol–water partition coefficient (Wildman–Crippen LogP) is 2.71. The van der Waals surface area contributed by atoms with E-state index < -0.39 is 0 Å². The smallest absolute Gasteiger partial charge is 0.251 e. The first-order valence-electron chi connectivity index (χ1n) is 7.63. The fraction of sp³-hybridized carbons (Fsp3) is 0.278. The van der Waals surface area contributed by atoms with E-state index in [1.54, 1.807) is 18.2 Å². The third-order valence-electron chi connectivity index (χ3n) is 4.07. The van der Waals surface area contributed by atoms with Gasteiger partial charge in [0.15, 0.2) is 0 Å². The number of ether oxygens (including phenoxy) is 1. The van der Waals surface area contributed by atoms with Gasteiger partial charge in [0.05, 0.1) is 13.2 Å². The Hall–Kier alpha value is -1.95. The van der Waals surface area contributed by atoms with E-state index in [1.807, 2.05) is 12.1 Å². The van der Waals surface area contributed by atoms with Gasteiger partial charge in [-0.25, -0.2) is 4.39 Å². The molecule has 0 saturated heterocycles. The number of halogens is 2. The highest BCUT2D eigenvalue weighted by Gasteiger charge is 2.18. The number of nitrogens with two attached hydrogens (primary N) is 1. The van der Waals surface area contributed by atoms with Crippen LogP contribution in [-0.4, -0.2) is 12.5 Å². The van der Waals surface area contributed by atoms with Gasteiger partial charge in [-0.2, -0.15) is 0 Å². The number of benzene rings is 2. The summed E-state index contributed by atoms with van der Waals surface area (Å²) in [6, 6.07) is 10.5. The second-order valence-electron chi connectivity index (χ2n) is 5.56. The van der Waals surface area contributed by atoms with Crippen LogP contribution >= 0.6 is 12.4 Å². The highest BCUT2D eigenvalue weighted by Crippen LogP contribution is 2.21. The van der Waals surface area contributed by atoms with Crippen molar-refractivity contribution in [3.63, 3.8) is 0 Å². The third kappa shape index (κ3) is 3.93. The van der Waals surface area contributed by atoms with Crippen LogP contribution in [0.3, 0.4) is 0 Å². The van der Waals surface area contributed by atoms with Crippen LogP contribution < -0.4 is 11.1 Å². The van der Waals surface area contributed by atoms with Gasteiger partial charge in [0, 0.05) is 24.2 Å². The maximum Gasteiger partial charge on any atom is 0.251 e. The molecule has 0 radical (unpaired) electrons. The zero-order valence-corrected chi connectivity index (χ0v) is 14.0.